The molecule has 0 aliphatic carbocycles. The predicted octanol–water partition coefficient (Wildman–Crippen LogP) is 1.98. The molecule has 0 aromatic heterocycles. The number of methoxy groups -OCH3 is 1. The quantitative estimate of drug-likeness (QED) is 0.917. The second-order valence-electron chi connectivity index (χ2n) is 5.31. The Balaban J connectivity index is 2.16. The van der Waals surface area contributed by atoms with Crippen molar-refractivity contribution in [2.24, 2.45) is 0 Å². The summed E-state index contributed by atoms with van der Waals surface area (Å²) in [4.78, 5) is 2.22. The first-order valence-electron chi connectivity index (χ1n) is 6.90. The van der Waals surface area contributed by atoms with E-state index in [4.69, 9.17) is 9.47 Å². The number of hydrogen-bond acceptors (Lipinski definition) is 4. The number of aliphatic hydroxyl groups excluding tert-OH is 1. The van der Waals surface area contributed by atoms with Crippen LogP contribution in [-0.4, -0.2) is 49.0 Å². The number of ether oxygens (including phenoxy) is 2. The zero-order chi connectivity index (χ0) is 14.7. The number of halogens is 1. The van der Waals surface area contributed by atoms with Gasteiger partial charge in [0.2, 0.25) is 0 Å². The van der Waals surface area contributed by atoms with Crippen LogP contribution in [0.2, 0.25) is 0 Å². The second kappa shape index (κ2) is 6.52. The van der Waals surface area contributed by atoms with E-state index in [-0.39, 0.29) is 11.3 Å². The number of morpholine rings is 1. The van der Waals surface area contributed by atoms with Crippen molar-refractivity contribution in [3.8, 4) is 5.75 Å². The first kappa shape index (κ1) is 15.2. The van der Waals surface area contributed by atoms with Crippen molar-refractivity contribution >= 4 is 0 Å². The fourth-order valence-corrected chi connectivity index (χ4v) is 2.47. The topological polar surface area (TPSA) is 41.9 Å². The molecule has 0 spiro atoms. The van der Waals surface area contributed by atoms with Gasteiger partial charge in [0.1, 0.15) is 12.2 Å². The summed E-state index contributed by atoms with van der Waals surface area (Å²) in [7, 11) is 1.41. The van der Waals surface area contributed by atoms with Gasteiger partial charge in [0.25, 0.3) is 0 Å². The number of rotatable bonds is 4. The standard InChI is InChI=1S/C15H22FNO3/c1-10(2)17-7-8-20-13(9-17)15(18)11-5-4-6-12(19-3)14(11)16/h4-6,10,13,15,18H,7-9H2,1-3H3. The third kappa shape index (κ3) is 3.11. The maximum absolute atomic E-state index is 14.2. The van der Waals surface area contributed by atoms with Gasteiger partial charge in [-0.15, -0.1) is 0 Å². The van der Waals surface area contributed by atoms with Crippen LogP contribution in [0.25, 0.3) is 0 Å². The number of aliphatic hydroxyl groups is 1. The Kier molecular flexibility index (Phi) is 4.96. The van der Waals surface area contributed by atoms with Crippen LogP contribution >= 0.6 is 0 Å². The lowest BCUT2D eigenvalue weighted by Gasteiger charge is -2.37. The van der Waals surface area contributed by atoms with Crippen LogP contribution in [0.1, 0.15) is 25.5 Å². The van der Waals surface area contributed by atoms with Gasteiger partial charge in [0.05, 0.1) is 13.7 Å². The van der Waals surface area contributed by atoms with Gasteiger partial charge in [-0.25, -0.2) is 4.39 Å². The Morgan fingerprint density at radius 2 is 2.20 bits per heavy atom. The van der Waals surface area contributed by atoms with E-state index in [1.54, 1.807) is 12.1 Å². The number of benzene rings is 1. The largest absolute Gasteiger partial charge is 0.494 e. The molecular weight excluding hydrogens is 261 g/mol. The summed E-state index contributed by atoms with van der Waals surface area (Å²) in [6, 6.07) is 5.15. The SMILES string of the molecule is COc1cccc(C(O)C2CN(C(C)C)CCO2)c1F. The van der Waals surface area contributed by atoms with Gasteiger partial charge < -0.3 is 14.6 Å². The molecule has 1 aliphatic heterocycles. The van der Waals surface area contributed by atoms with Gasteiger partial charge in [-0.1, -0.05) is 12.1 Å². The van der Waals surface area contributed by atoms with Crippen LogP contribution < -0.4 is 4.74 Å². The summed E-state index contributed by atoms with van der Waals surface area (Å²) < 4.78 is 24.7. The monoisotopic (exact) mass is 283 g/mol. The van der Waals surface area contributed by atoms with Crippen molar-refractivity contribution < 1.29 is 19.0 Å². The smallest absolute Gasteiger partial charge is 0.170 e. The molecule has 1 aromatic carbocycles. The Labute approximate surface area is 119 Å². The summed E-state index contributed by atoms with van der Waals surface area (Å²) in [6.45, 7) is 6.17. The van der Waals surface area contributed by atoms with E-state index < -0.39 is 18.0 Å². The Hall–Kier alpha value is -1.17. The van der Waals surface area contributed by atoms with E-state index in [1.807, 2.05) is 0 Å². The van der Waals surface area contributed by atoms with E-state index in [9.17, 15) is 9.50 Å². The van der Waals surface area contributed by atoms with Crippen molar-refractivity contribution in [1.82, 2.24) is 4.90 Å². The molecule has 1 aromatic rings. The Morgan fingerprint density at radius 1 is 1.45 bits per heavy atom. The second-order valence-corrected chi connectivity index (χ2v) is 5.31. The van der Waals surface area contributed by atoms with Crippen molar-refractivity contribution in [3.63, 3.8) is 0 Å². The Bertz CT molecular complexity index is 453. The summed E-state index contributed by atoms with van der Waals surface area (Å²) in [5.41, 5.74) is 0.222. The van der Waals surface area contributed by atoms with Gasteiger partial charge in [-0.3, -0.25) is 4.90 Å². The van der Waals surface area contributed by atoms with E-state index in [1.165, 1.54) is 13.2 Å². The molecule has 0 saturated carbocycles. The molecule has 112 valence electrons. The van der Waals surface area contributed by atoms with Crippen LogP contribution in [0.4, 0.5) is 4.39 Å². The molecule has 2 rings (SSSR count). The summed E-state index contributed by atoms with van der Waals surface area (Å²) >= 11 is 0. The van der Waals surface area contributed by atoms with Crippen molar-refractivity contribution in [2.75, 3.05) is 26.8 Å². The molecule has 1 saturated heterocycles. The molecule has 1 heterocycles. The van der Waals surface area contributed by atoms with Crippen LogP contribution in [0.5, 0.6) is 5.75 Å². The minimum absolute atomic E-state index is 0.137. The summed E-state index contributed by atoms with van der Waals surface area (Å²) in [5.74, 6) is -0.383. The third-order valence-electron chi connectivity index (χ3n) is 3.74. The molecular formula is C15H22FNO3. The lowest BCUT2D eigenvalue weighted by Crippen LogP contribution is -2.47. The molecule has 0 bridgehead atoms. The highest BCUT2D eigenvalue weighted by Crippen LogP contribution is 2.29. The maximum atomic E-state index is 14.2. The average molecular weight is 283 g/mol. The number of nitrogens with zero attached hydrogens (tertiary/aromatic N) is 1. The highest BCUT2D eigenvalue weighted by molar-refractivity contribution is 5.33. The maximum Gasteiger partial charge on any atom is 0.170 e. The zero-order valence-corrected chi connectivity index (χ0v) is 12.2. The predicted molar refractivity (Wildman–Crippen MR) is 74.4 cm³/mol. The molecule has 1 fully saturated rings. The van der Waals surface area contributed by atoms with Gasteiger partial charge >= 0.3 is 0 Å². The lowest BCUT2D eigenvalue weighted by molar-refractivity contribution is -0.0970. The van der Waals surface area contributed by atoms with Crippen LogP contribution in [0, 0.1) is 5.82 Å². The van der Waals surface area contributed by atoms with Crippen LogP contribution in [-0.2, 0) is 4.74 Å². The van der Waals surface area contributed by atoms with E-state index in [2.05, 4.69) is 18.7 Å². The molecule has 0 radical (unpaired) electrons. The van der Waals surface area contributed by atoms with Gasteiger partial charge in [0, 0.05) is 24.7 Å². The summed E-state index contributed by atoms with van der Waals surface area (Å²) in [6.07, 6.45) is -1.42. The van der Waals surface area contributed by atoms with Crippen LogP contribution in [0.15, 0.2) is 18.2 Å². The molecule has 0 amide bonds. The fourth-order valence-electron chi connectivity index (χ4n) is 2.47. The van der Waals surface area contributed by atoms with E-state index in [0.29, 0.717) is 19.2 Å². The minimum atomic E-state index is -0.994. The van der Waals surface area contributed by atoms with Gasteiger partial charge in [-0.05, 0) is 19.9 Å². The van der Waals surface area contributed by atoms with Gasteiger partial charge in [0.15, 0.2) is 11.6 Å². The third-order valence-corrected chi connectivity index (χ3v) is 3.74. The molecule has 1 aliphatic rings. The normalized spacial score (nSPS) is 22.0. The van der Waals surface area contributed by atoms with E-state index in [0.717, 1.165) is 6.54 Å². The van der Waals surface area contributed by atoms with E-state index >= 15 is 0 Å². The first-order valence-corrected chi connectivity index (χ1v) is 6.90. The fraction of sp³-hybridized carbons (Fsp3) is 0.600. The van der Waals surface area contributed by atoms with Crippen molar-refractivity contribution in [1.29, 1.82) is 0 Å². The molecule has 1 N–H and O–H groups in total. The molecule has 2 atom stereocenters. The highest BCUT2D eigenvalue weighted by atomic mass is 19.1. The molecule has 2 unspecified atom stereocenters. The van der Waals surface area contributed by atoms with Crippen LogP contribution in [0.3, 0.4) is 0 Å². The highest BCUT2D eigenvalue weighted by Gasteiger charge is 2.31. The molecule has 4 nitrogen and oxygen atoms in total. The minimum Gasteiger partial charge on any atom is -0.494 e. The lowest BCUT2D eigenvalue weighted by atomic mass is 10.0. The van der Waals surface area contributed by atoms with Crippen molar-refractivity contribution in [3.05, 3.63) is 29.6 Å². The van der Waals surface area contributed by atoms with Gasteiger partial charge in [-0.2, -0.15) is 0 Å². The molecule has 5 heteroatoms. The van der Waals surface area contributed by atoms with Crippen molar-refractivity contribution in [2.45, 2.75) is 32.1 Å². The zero-order valence-electron chi connectivity index (χ0n) is 12.2. The molecule has 20 heavy (non-hydrogen) atoms. The summed E-state index contributed by atoms with van der Waals surface area (Å²) in [5, 5.41) is 10.4. The number of hydrogen-bond donors (Lipinski definition) is 1. The first-order chi connectivity index (χ1) is 9.54. The average Bonchev–Trinajstić information content (AvgIpc) is 2.47. The Morgan fingerprint density at radius 3 is 2.85 bits per heavy atom.